The maximum atomic E-state index is 9.51. The lowest BCUT2D eigenvalue weighted by molar-refractivity contribution is 0.423. The Hall–Kier alpha value is -1.18. The summed E-state index contributed by atoms with van der Waals surface area (Å²) < 4.78 is 0. The first-order valence-corrected chi connectivity index (χ1v) is 6.49. The van der Waals surface area contributed by atoms with Crippen molar-refractivity contribution in [3.63, 3.8) is 0 Å². The van der Waals surface area contributed by atoms with Crippen LogP contribution < -0.4 is 0 Å². The highest BCUT2D eigenvalue weighted by molar-refractivity contribution is 5.39. The summed E-state index contributed by atoms with van der Waals surface area (Å²) in [6.45, 7) is 6.53. The lowest BCUT2D eigenvalue weighted by Crippen LogP contribution is -2.16. The molecule has 2 heteroatoms. The van der Waals surface area contributed by atoms with Crippen LogP contribution in [-0.2, 0) is 5.41 Å². The lowest BCUT2D eigenvalue weighted by atomic mass is 9.80. The third kappa shape index (κ3) is 4.29. The molecule has 0 saturated carbocycles. The molecule has 2 nitrogen and oxygen atoms in total. The number of phenolic OH excluding ortho intramolecular Hbond substituents is 2. The topological polar surface area (TPSA) is 40.5 Å². The van der Waals surface area contributed by atoms with E-state index in [2.05, 4.69) is 20.8 Å². The van der Waals surface area contributed by atoms with Crippen molar-refractivity contribution in [1.29, 1.82) is 0 Å². The first-order chi connectivity index (χ1) is 7.95. The van der Waals surface area contributed by atoms with Crippen LogP contribution >= 0.6 is 0 Å². The molecule has 96 valence electrons. The van der Waals surface area contributed by atoms with Gasteiger partial charge in [-0.05, 0) is 29.5 Å². The summed E-state index contributed by atoms with van der Waals surface area (Å²) in [6.07, 6.45) is 6.05. The monoisotopic (exact) mass is 236 g/mol. The van der Waals surface area contributed by atoms with Crippen molar-refractivity contribution in [2.75, 3.05) is 0 Å². The molecule has 0 aliphatic carbocycles. The number of hydrogen-bond donors (Lipinski definition) is 2. The van der Waals surface area contributed by atoms with E-state index in [1.807, 2.05) is 0 Å². The maximum absolute atomic E-state index is 9.51. The molecule has 0 aliphatic rings. The molecule has 0 heterocycles. The van der Waals surface area contributed by atoms with Crippen LogP contribution in [0.1, 0.15) is 58.4 Å². The molecular weight excluding hydrogens is 212 g/mol. The van der Waals surface area contributed by atoms with Gasteiger partial charge in [-0.2, -0.15) is 0 Å². The Morgan fingerprint density at radius 3 is 2.06 bits per heavy atom. The van der Waals surface area contributed by atoms with Crippen LogP contribution in [0.2, 0.25) is 0 Å². The molecule has 0 atom stereocenters. The Labute approximate surface area is 104 Å². The van der Waals surface area contributed by atoms with Crippen LogP contribution in [0.15, 0.2) is 18.2 Å². The summed E-state index contributed by atoms with van der Waals surface area (Å²) in [4.78, 5) is 0. The number of unbranched alkanes of at least 4 members (excludes halogenated alkanes) is 3. The molecule has 0 bridgehead atoms. The van der Waals surface area contributed by atoms with Crippen molar-refractivity contribution in [3.05, 3.63) is 23.8 Å². The smallest absolute Gasteiger partial charge is 0.119 e. The molecule has 0 saturated heterocycles. The van der Waals surface area contributed by atoms with Gasteiger partial charge in [-0.25, -0.2) is 0 Å². The first kappa shape index (κ1) is 13.9. The second-order valence-electron chi connectivity index (χ2n) is 5.43. The lowest BCUT2D eigenvalue weighted by Gasteiger charge is -2.25. The second kappa shape index (κ2) is 5.95. The Morgan fingerprint density at radius 2 is 1.53 bits per heavy atom. The van der Waals surface area contributed by atoms with Crippen molar-refractivity contribution >= 4 is 0 Å². The molecule has 1 aromatic rings. The normalized spacial score (nSPS) is 11.7. The molecule has 0 amide bonds. The van der Waals surface area contributed by atoms with Gasteiger partial charge in [0.2, 0.25) is 0 Å². The van der Waals surface area contributed by atoms with E-state index in [9.17, 15) is 10.2 Å². The van der Waals surface area contributed by atoms with E-state index < -0.39 is 0 Å². The highest BCUT2D eigenvalue weighted by atomic mass is 16.3. The highest BCUT2D eigenvalue weighted by Gasteiger charge is 2.21. The van der Waals surface area contributed by atoms with Gasteiger partial charge in [-0.1, -0.05) is 46.5 Å². The minimum absolute atomic E-state index is 0.00393. The van der Waals surface area contributed by atoms with Crippen LogP contribution in [-0.4, -0.2) is 10.2 Å². The molecule has 0 spiro atoms. The molecule has 2 N–H and O–H groups in total. The van der Waals surface area contributed by atoms with Crippen molar-refractivity contribution < 1.29 is 10.2 Å². The number of aromatic hydroxyl groups is 2. The maximum Gasteiger partial charge on any atom is 0.119 e. The van der Waals surface area contributed by atoms with Crippen LogP contribution in [0.25, 0.3) is 0 Å². The summed E-state index contributed by atoms with van der Waals surface area (Å²) in [5.74, 6) is 0.281. The Bertz CT molecular complexity index is 336. The molecule has 0 radical (unpaired) electrons. The van der Waals surface area contributed by atoms with Crippen molar-refractivity contribution in [2.24, 2.45) is 0 Å². The predicted molar refractivity (Wildman–Crippen MR) is 71.6 cm³/mol. The summed E-state index contributed by atoms with van der Waals surface area (Å²) in [5, 5.41) is 19.0. The Balaban J connectivity index is 2.67. The molecule has 1 rings (SSSR count). The summed E-state index contributed by atoms with van der Waals surface area (Å²) >= 11 is 0. The number of benzene rings is 1. The average Bonchev–Trinajstić information content (AvgIpc) is 2.23. The molecule has 17 heavy (non-hydrogen) atoms. The largest absolute Gasteiger partial charge is 0.508 e. The van der Waals surface area contributed by atoms with Gasteiger partial charge in [0.25, 0.3) is 0 Å². The van der Waals surface area contributed by atoms with Crippen molar-refractivity contribution in [1.82, 2.24) is 0 Å². The fraction of sp³-hybridized carbons (Fsp3) is 0.600. The van der Waals surface area contributed by atoms with Gasteiger partial charge in [0.05, 0.1) is 0 Å². The fourth-order valence-corrected chi connectivity index (χ4v) is 2.12. The standard InChI is InChI=1S/C15H24O2/c1-4-5-6-7-8-15(2,3)12-9-13(16)11-14(17)10-12/h9-11,16-17H,4-8H2,1-3H3. The number of rotatable bonds is 6. The summed E-state index contributed by atoms with van der Waals surface area (Å²) in [5.41, 5.74) is 1.01. The van der Waals surface area contributed by atoms with Crippen molar-refractivity contribution in [2.45, 2.75) is 58.3 Å². The Kier molecular flexibility index (Phi) is 4.86. The highest BCUT2D eigenvalue weighted by Crippen LogP contribution is 2.33. The third-order valence-electron chi connectivity index (χ3n) is 3.34. The predicted octanol–water partition coefficient (Wildman–Crippen LogP) is 4.35. The second-order valence-corrected chi connectivity index (χ2v) is 5.43. The SMILES string of the molecule is CCCCCCC(C)(C)c1cc(O)cc(O)c1. The molecule has 1 aromatic carbocycles. The zero-order valence-electron chi connectivity index (χ0n) is 11.2. The molecule has 0 aromatic heterocycles. The van der Waals surface area contributed by atoms with E-state index in [4.69, 9.17) is 0 Å². The van der Waals surface area contributed by atoms with Crippen LogP contribution in [0, 0.1) is 0 Å². The van der Waals surface area contributed by atoms with Gasteiger partial charge in [0.15, 0.2) is 0 Å². The van der Waals surface area contributed by atoms with E-state index in [1.54, 1.807) is 12.1 Å². The molecule has 0 fully saturated rings. The van der Waals surface area contributed by atoms with Gasteiger partial charge in [-0.15, -0.1) is 0 Å². The van der Waals surface area contributed by atoms with Gasteiger partial charge < -0.3 is 10.2 Å². The Morgan fingerprint density at radius 1 is 0.941 bits per heavy atom. The zero-order chi connectivity index (χ0) is 12.9. The first-order valence-electron chi connectivity index (χ1n) is 6.49. The van der Waals surface area contributed by atoms with Gasteiger partial charge in [0.1, 0.15) is 11.5 Å². The van der Waals surface area contributed by atoms with E-state index in [0.29, 0.717) is 0 Å². The number of hydrogen-bond acceptors (Lipinski definition) is 2. The minimum Gasteiger partial charge on any atom is -0.508 e. The summed E-state index contributed by atoms with van der Waals surface area (Å²) in [7, 11) is 0. The molecular formula is C15H24O2. The summed E-state index contributed by atoms with van der Waals surface area (Å²) in [6, 6.07) is 4.87. The van der Waals surface area contributed by atoms with Gasteiger partial charge in [0, 0.05) is 6.07 Å². The van der Waals surface area contributed by atoms with Gasteiger partial charge in [-0.3, -0.25) is 0 Å². The van der Waals surface area contributed by atoms with E-state index in [-0.39, 0.29) is 16.9 Å². The molecule has 0 unspecified atom stereocenters. The van der Waals surface area contributed by atoms with Crippen LogP contribution in [0.3, 0.4) is 0 Å². The number of phenols is 2. The van der Waals surface area contributed by atoms with Crippen LogP contribution in [0.5, 0.6) is 11.5 Å². The van der Waals surface area contributed by atoms with E-state index >= 15 is 0 Å². The molecule has 0 aliphatic heterocycles. The van der Waals surface area contributed by atoms with Crippen LogP contribution in [0.4, 0.5) is 0 Å². The van der Waals surface area contributed by atoms with E-state index in [0.717, 1.165) is 12.0 Å². The fourth-order valence-electron chi connectivity index (χ4n) is 2.12. The quantitative estimate of drug-likeness (QED) is 0.721. The minimum atomic E-state index is 0.00393. The average molecular weight is 236 g/mol. The van der Waals surface area contributed by atoms with Gasteiger partial charge >= 0.3 is 0 Å². The third-order valence-corrected chi connectivity index (χ3v) is 3.34. The van der Waals surface area contributed by atoms with Crippen molar-refractivity contribution in [3.8, 4) is 11.5 Å². The van der Waals surface area contributed by atoms with E-state index in [1.165, 1.54) is 31.7 Å². The zero-order valence-corrected chi connectivity index (χ0v) is 11.2.